The van der Waals surface area contributed by atoms with Crippen LogP contribution in [0.4, 0.5) is 5.95 Å². The average molecular weight is 222 g/mol. The van der Waals surface area contributed by atoms with Gasteiger partial charge in [-0.1, -0.05) is 18.7 Å². The molecule has 0 spiro atoms. The van der Waals surface area contributed by atoms with Crippen molar-refractivity contribution >= 4 is 5.95 Å². The van der Waals surface area contributed by atoms with Crippen LogP contribution in [0.25, 0.3) is 0 Å². The van der Waals surface area contributed by atoms with Gasteiger partial charge in [0.25, 0.3) is 0 Å². The number of aromatic nitrogens is 2. The highest BCUT2D eigenvalue weighted by Gasteiger charge is 2.03. The second-order valence-corrected chi connectivity index (χ2v) is 2.85. The Morgan fingerprint density at radius 3 is 2.94 bits per heavy atom. The Morgan fingerprint density at radius 2 is 2.31 bits per heavy atom. The molecule has 3 N–H and O–H groups in total. The van der Waals surface area contributed by atoms with Gasteiger partial charge in [-0.3, -0.25) is 4.99 Å². The van der Waals surface area contributed by atoms with E-state index < -0.39 is 0 Å². The summed E-state index contributed by atoms with van der Waals surface area (Å²) in [5.41, 5.74) is 5.73. The molecule has 1 aromatic rings. The van der Waals surface area contributed by atoms with Gasteiger partial charge in [0.15, 0.2) is 5.49 Å². The molecule has 0 saturated heterocycles. The largest absolute Gasteiger partial charge is 0.473 e. The first-order valence-corrected chi connectivity index (χ1v) is 4.63. The van der Waals surface area contributed by atoms with E-state index in [-0.39, 0.29) is 17.3 Å². The lowest BCUT2D eigenvalue weighted by atomic mass is 10.5. The van der Waals surface area contributed by atoms with Crippen molar-refractivity contribution in [3.8, 4) is 5.88 Å². The SMILES string of the molecule is C=CCN=c1cc(OCC=C)nc(N)n1O. The van der Waals surface area contributed by atoms with Crippen molar-refractivity contribution in [3.63, 3.8) is 0 Å². The van der Waals surface area contributed by atoms with Gasteiger partial charge in [-0.25, -0.2) is 0 Å². The van der Waals surface area contributed by atoms with E-state index in [0.29, 0.717) is 17.9 Å². The van der Waals surface area contributed by atoms with Crippen LogP contribution in [0, 0.1) is 0 Å². The lowest BCUT2D eigenvalue weighted by molar-refractivity contribution is 0.172. The highest BCUT2D eigenvalue weighted by Crippen LogP contribution is 2.04. The number of hydrogen-bond donors (Lipinski definition) is 2. The number of nitrogens with two attached hydrogens (primary N) is 1. The molecule has 0 atom stereocenters. The smallest absolute Gasteiger partial charge is 0.239 e. The van der Waals surface area contributed by atoms with E-state index in [2.05, 4.69) is 23.1 Å². The lowest BCUT2D eigenvalue weighted by Gasteiger charge is -2.06. The number of ether oxygens (including phenoxy) is 1. The van der Waals surface area contributed by atoms with Gasteiger partial charge in [-0.2, -0.15) is 4.98 Å². The zero-order chi connectivity index (χ0) is 12.0. The predicted octanol–water partition coefficient (Wildman–Crippen LogP) is 0.354. The third-order valence-electron chi connectivity index (χ3n) is 1.64. The molecular weight excluding hydrogens is 208 g/mol. The van der Waals surface area contributed by atoms with Gasteiger partial charge in [0.1, 0.15) is 6.61 Å². The zero-order valence-corrected chi connectivity index (χ0v) is 8.83. The van der Waals surface area contributed by atoms with E-state index in [1.54, 1.807) is 12.2 Å². The highest BCUT2D eigenvalue weighted by molar-refractivity contribution is 5.22. The quantitative estimate of drug-likeness (QED) is 0.556. The van der Waals surface area contributed by atoms with Gasteiger partial charge in [0.2, 0.25) is 11.8 Å². The van der Waals surface area contributed by atoms with Gasteiger partial charge >= 0.3 is 0 Å². The van der Waals surface area contributed by atoms with Crippen LogP contribution >= 0.6 is 0 Å². The number of anilines is 1. The third-order valence-corrected chi connectivity index (χ3v) is 1.64. The predicted molar refractivity (Wildman–Crippen MR) is 60.1 cm³/mol. The Bertz CT molecular complexity index is 451. The van der Waals surface area contributed by atoms with Gasteiger partial charge in [0.05, 0.1) is 6.54 Å². The first-order chi connectivity index (χ1) is 7.69. The van der Waals surface area contributed by atoms with E-state index in [0.717, 1.165) is 0 Å². The van der Waals surface area contributed by atoms with Crippen LogP contribution in [0.2, 0.25) is 0 Å². The summed E-state index contributed by atoms with van der Waals surface area (Å²) in [5.74, 6) is 0.190. The second kappa shape index (κ2) is 5.59. The summed E-state index contributed by atoms with van der Waals surface area (Å²) in [7, 11) is 0. The Balaban J connectivity index is 3.11. The van der Waals surface area contributed by atoms with Crippen LogP contribution in [0.5, 0.6) is 5.88 Å². The maximum absolute atomic E-state index is 9.50. The molecule has 1 heterocycles. The minimum atomic E-state index is -0.0932. The van der Waals surface area contributed by atoms with Crippen LogP contribution in [-0.2, 0) is 0 Å². The molecule has 1 aromatic heterocycles. The van der Waals surface area contributed by atoms with Crippen molar-refractivity contribution in [3.05, 3.63) is 36.9 Å². The van der Waals surface area contributed by atoms with Gasteiger partial charge in [-0.15, -0.1) is 11.3 Å². The zero-order valence-electron chi connectivity index (χ0n) is 8.83. The van der Waals surface area contributed by atoms with Gasteiger partial charge < -0.3 is 15.7 Å². The summed E-state index contributed by atoms with van der Waals surface area (Å²) < 4.78 is 5.88. The number of rotatable bonds is 5. The summed E-state index contributed by atoms with van der Waals surface area (Å²) in [4.78, 5) is 7.84. The van der Waals surface area contributed by atoms with Crippen molar-refractivity contribution < 1.29 is 9.94 Å². The Morgan fingerprint density at radius 1 is 1.56 bits per heavy atom. The van der Waals surface area contributed by atoms with Crippen molar-refractivity contribution in [1.82, 2.24) is 9.71 Å². The summed E-state index contributed by atoms with van der Waals surface area (Å²) in [6.45, 7) is 7.71. The fourth-order valence-electron chi connectivity index (χ4n) is 0.970. The van der Waals surface area contributed by atoms with E-state index in [1.165, 1.54) is 6.07 Å². The minimum absolute atomic E-state index is 0.0932. The van der Waals surface area contributed by atoms with E-state index in [1.807, 2.05) is 0 Å². The van der Waals surface area contributed by atoms with Crippen LogP contribution in [0.3, 0.4) is 0 Å². The molecule has 0 saturated carbocycles. The molecule has 6 nitrogen and oxygen atoms in total. The minimum Gasteiger partial charge on any atom is -0.473 e. The number of nitrogens with zero attached hydrogens (tertiary/aromatic N) is 3. The van der Waals surface area contributed by atoms with Crippen molar-refractivity contribution in [2.45, 2.75) is 0 Å². The van der Waals surface area contributed by atoms with Crippen LogP contribution < -0.4 is 16.0 Å². The summed E-state index contributed by atoms with van der Waals surface area (Å²) in [6.07, 6.45) is 3.18. The number of hydrogen-bond acceptors (Lipinski definition) is 5. The Hall–Kier alpha value is -2.24. The monoisotopic (exact) mass is 222 g/mol. The van der Waals surface area contributed by atoms with Gasteiger partial charge in [0, 0.05) is 6.07 Å². The molecular formula is C10H14N4O2. The summed E-state index contributed by atoms with van der Waals surface area (Å²) in [6, 6.07) is 1.48. The molecule has 0 amide bonds. The fourth-order valence-corrected chi connectivity index (χ4v) is 0.970. The molecule has 1 rings (SSSR count). The molecule has 0 aliphatic heterocycles. The molecule has 0 unspecified atom stereocenters. The molecule has 6 heteroatoms. The van der Waals surface area contributed by atoms with E-state index in [9.17, 15) is 5.21 Å². The van der Waals surface area contributed by atoms with Crippen molar-refractivity contribution in [2.75, 3.05) is 18.9 Å². The molecule has 0 radical (unpaired) electrons. The third kappa shape index (κ3) is 2.88. The molecule has 86 valence electrons. The van der Waals surface area contributed by atoms with Crippen LogP contribution in [0.15, 0.2) is 36.4 Å². The molecule has 0 bridgehead atoms. The fraction of sp³-hybridized carbons (Fsp3) is 0.200. The Labute approximate surface area is 93.0 Å². The van der Waals surface area contributed by atoms with Gasteiger partial charge in [-0.05, 0) is 0 Å². The maximum Gasteiger partial charge on any atom is 0.239 e. The average Bonchev–Trinajstić information content (AvgIpc) is 2.28. The highest BCUT2D eigenvalue weighted by atomic mass is 16.5. The molecule has 0 aromatic carbocycles. The van der Waals surface area contributed by atoms with E-state index >= 15 is 0 Å². The topological polar surface area (TPSA) is 85.7 Å². The second-order valence-electron chi connectivity index (χ2n) is 2.85. The van der Waals surface area contributed by atoms with Crippen molar-refractivity contribution in [1.29, 1.82) is 0 Å². The van der Waals surface area contributed by atoms with Crippen LogP contribution in [0.1, 0.15) is 0 Å². The summed E-state index contributed by atoms with van der Waals surface area (Å²) in [5, 5.41) is 9.50. The van der Waals surface area contributed by atoms with Crippen LogP contribution in [-0.4, -0.2) is 28.1 Å². The van der Waals surface area contributed by atoms with E-state index in [4.69, 9.17) is 10.5 Å². The maximum atomic E-state index is 9.50. The lowest BCUT2D eigenvalue weighted by Crippen LogP contribution is -2.23. The molecule has 0 aliphatic carbocycles. The first kappa shape index (κ1) is 11.8. The molecule has 0 fully saturated rings. The molecule has 0 aliphatic rings. The molecule has 16 heavy (non-hydrogen) atoms. The Kier molecular flexibility index (Phi) is 4.14. The number of nitrogen functional groups attached to an aromatic ring is 1. The standard InChI is InChI=1S/C10H14N4O2/c1-3-5-12-8-7-9(16-6-4-2)13-10(11)14(8)15/h3-4,7,15H,1-2,5-6H2,(H2,11,13). The van der Waals surface area contributed by atoms with Crippen molar-refractivity contribution in [2.24, 2.45) is 4.99 Å². The normalized spacial score (nSPS) is 11.1. The first-order valence-electron chi connectivity index (χ1n) is 4.63. The summed E-state index contributed by atoms with van der Waals surface area (Å²) >= 11 is 0.